The fourth-order valence-corrected chi connectivity index (χ4v) is 3.54. The van der Waals surface area contributed by atoms with Crippen molar-refractivity contribution in [1.82, 2.24) is 9.13 Å². The van der Waals surface area contributed by atoms with Crippen molar-refractivity contribution in [1.29, 1.82) is 0 Å². The minimum Gasteiger partial charge on any atom is -0.481 e. The molecule has 178 valence electrons. The molecule has 2 heterocycles. The van der Waals surface area contributed by atoms with E-state index in [-0.39, 0.29) is 17.4 Å². The van der Waals surface area contributed by atoms with Gasteiger partial charge >= 0.3 is 17.6 Å². The van der Waals surface area contributed by atoms with Crippen LogP contribution in [0.2, 0.25) is 0 Å². The molecule has 0 bridgehead atoms. The number of ether oxygens (including phenoxy) is 1. The normalized spacial score (nSPS) is 12.1. The van der Waals surface area contributed by atoms with Crippen molar-refractivity contribution in [3.05, 3.63) is 93.5 Å². The molecule has 0 amide bonds. The van der Waals surface area contributed by atoms with Gasteiger partial charge in [0.1, 0.15) is 17.6 Å². The number of carboxylic acid groups (broad SMARTS) is 2. The third-order valence-electron chi connectivity index (χ3n) is 5.15. The van der Waals surface area contributed by atoms with Crippen LogP contribution in [0.1, 0.15) is 18.2 Å². The molecule has 0 saturated heterocycles. The Balaban J connectivity index is 1.85. The number of aliphatic imine (C=N–C) groups is 1. The van der Waals surface area contributed by atoms with E-state index < -0.39 is 35.7 Å². The molecule has 0 unspecified atom stereocenters. The molecule has 0 spiro atoms. The van der Waals surface area contributed by atoms with Crippen LogP contribution in [0, 0.1) is 0 Å². The second-order valence-electron chi connectivity index (χ2n) is 7.44. The molecular weight excluding hydrogens is 458 g/mol. The van der Waals surface area contributed by atoms with E-state index in [1.165, 1.54) is 30.9 Å². The van der Waals surface area contributed by atoms with Crippen molar-refractivity contribution in [2.45, 2.75) is 19.0 Å². The van der Waals surface area contributed by atoms with Gasteiger partial charge in [0.05, 0.1) is 35.8 Å². The molecule has 0 aliphatic rings. The summed E-state index contributed by atoms with van der Waals surface area (Å²) < 4.78 is 12.3. The summed E-state index contributed by atoms with van der Waals surface area (Å²) in [5, 5.41) is 18.7. The number of hydrogen-bond donors (Lipinski definition) is 2. The Morgan fingerprint density at radius 2 is 1.83 bits per heavy atom. The predicted octanol–water partition coefficient (Wildman–Crippen LogP) is 2.64. The molecule has 0 aliphatic heterocycles. The van der Waals surface area contributed by atoms with Crippen molar-refractivity contribution in [3.8, 4) is 5.75 Å². The molecule has 2 aromatic carbocycles. The first-order valence-corrected chi connectivity index (χ1v) is 10.4. The number of nitrogens with zero attached hydrogens (tertiary/aromatic N) is 3. The van der Waals surface area contributed by atoms with Crippen LogP contribution in [0.25, 0.3) is 10.9 Å². The summed E-state index contributed by atoms with van der Waals surface area (Å²) >= 11 is 0. The van der Waals surface area contributed by atoms with Gasteiger partial charge in [-0.2, -0.15) is 0 Å². The minimum absolute atomic E-state index is 0.00993. The van der Waals surface area contributed by atoms with Crippen molar-refractivity contribution in [2.75, 3.05) is 0 Å². The minimum atomic E-state index is -1.89. The van der Waals surface area contributed by atoms with Gasteiger partial charge in [0.2, 0.25) is 0 Å². The molecule has 0 fully saturated rings. The van der Waals surface area contributed by atoms with Crippen LogP contribution >= 0.6 is 0 Å². The van der Waals surface area contributed by atoms with Crippen LogP contribution in [0.3, 0.4) is 0 Å². The third kappa shape index (κ3) is 5.03. The van der Waals surface area contributed by atoms with E-state index in [1.54, 1.807) is 36.4 Å². The Kier molecular flexibility index (Phi) is 6.58. The van der Waals surface area contributed by atoms with Gasteiger partial charge in [-0.25, -0.2) is 19.1 Å². The van der Waals surface area contributed by atoms with E-state index in [2.05, 4.69) is 4.99 Å². The molecule has 0 saturated carbocycles. The largest absolute Gasteiger partial charge is 0.481 e. The van der Waals surface area contributed by atoms with E-state index in [4.69, 9.17) is 14.3 Å². The van der Waals surface area contributed by atoms with Crippen LogP contribution in [-0.4, -0.2) is 37.7 Å². The van der Waals surface area contributed by atoms with Gasteiger partial charge in [-0.1, -0.05) is 18.2 Å². The topological polar surface area (TPSA) is 153 Å². The van der Waals surface area contributed by atoms with E-state index in [0.29, 0.717) is 21.8 Å². The zero-order valence-corrected chi connectivity index (χ0v) is 18.1. The molecule has 2 N–H and O–H groups in total. The molecule has 0 radical (unpaired) electrons. The van der Waals surface area contributed by atoms with Crippen LogP contribution in [-0.2, 0) is 16.1 Å². The maximum atomic E-state index is 13.3. The Hall–Kier alpha value is -4.93. The van der Waals surface area contributed by atoms with Gasteiger partial charge in [0.15, 0.2) is 6.40 Å². The Morgan fingerprint density at radius 1 is 1.06 bits per heavy atom. The number of benzene rings is 2. The Labute approximate surface area is 196 Å². The highest BCUT2D eigenvalue weighted by molar-refractivity contribution is 5.83. The predicted molar refractivity (Wildman–Crippen MR) is 124 cm³/mol. The van der Waals surface area contributed by atoms with E-state index >= 15 is 0 Å². The standard InChI is InChI=1S/C24H19N3O8/c28-21(29)12-20(23(31)32)27-22(30)18-9-8-15(25-14-35-16-5-2-1-3-6-16)11-19(18)26(24(27)33)13-17-7-4-10-34-17/h1-11,14,20H,12-13H2,(H,28,29)(H,31,32)/b25-14+/t20-/m0/s1. The average Bonchev–Trinajstić information content (AvgIpc) is 3.35. The van der Waals surface area contributed by atoms with Crippen molar-refractivity contribution in [3.63, 3.8) is 0 Å². The lowest BCUT2D eigenvalue weighted by Gasteiger charge is -2.17. The number of hydrogen-bond acceptors (Lipinski definition) is 7. The van der Waals surface area contributed by atoms with Crippen LogP contribution in [0.5, 0.6) is 5.75 Å². The maximum Gasteiger partial charge on any atom is 0.332 e. The first-order chi connectivity index (χ1) is 16.8. The number of carbonyl (C=O) groups is 2. The second-order valence-corrected chi connectivity index (χ2v) is 7.44. The van der Waals surface area contributed by atoms with Crippen molar-refractivity contribution in [2.24, 2.45) is 4.99 Å². The summed E-state index contributed by atoms with van der Waals surface area (Å²) in [4.78, 5) is 53.7. The lowest BCUT2D eigenvalue weighted by atomic mass is 10.1. The molecule has 0 aliphatic carbocycles. The molecule has 11 nitrogen and oxygen atoms in total. The van der Waals surface area contributed by atoms with Crippen molar-refractivity contribution < 1.29 is 29.0 Å². The molecule has 4 aromatic rings. The first-order valence-electron chi connectivity index (χ1n) is 10.4. The van der Waals surface area contributed by atoms with Gasteiger partial charge in [-0.15, -0.1) is 0 Å². The SMILES string of the molecule is O=C(O)C[C@@H](C(=O)O)n1c(=O)c2ccc(/N=C/Oc3ccccc3)cc2n(Cc2ccco2)c1=O. The highest BCUT2D eigenvalue weighted by Crippen LogP contribution is 2.20. The zero-order chi connectivity index (χ0) is 24.9. The van der Waals surface area contributed by atoms with Crippen LogP contribution in [0.4, 0.5) is 5.69 Å². The summed E-state index contributed by atoms with van der Waals surface area (Å²) in [5.74, 6) is -2.16. The Morgan fingerprint density at radius 3 is 2.49 bits per heavy atom. The second kappa shape index (κ2) is 9.91. The number of para-hydroxylation sites is 1. The number of carboxylic acids is 2. The molecule has 35 heavy (non-hydrogen) atoms. The fraction of sp³-hybridized carbons (Fsp3) is 0.125. The van der Waals surface area contributed by atoms with Gasteiger partial charge in [0, 0.05) is 0 Å². The average molecular weight is 477 g/mol. The van der Waals surface area contributed by atoms with Crippen LogP contribution in [0.15, 0.2) is 85.9 Å². The molecule has 11 heteroatoms. The van der Waals surface area contributed by atoms with E-state index in [9.17, 15) is 24.3 Å². The number of rotatable bonds is 9. The first kappa shape index (κ1) is 23.2. The molecule has 4 rings (SSSR count). The molecule has 1 atom stereocenters. The summed E-state index contributed by atoms with van der Waals surface area (Å²) in [7, 11) is 0. The van der Waals surface area contributed by atoms with Crippen molar-refractivity contribution >= 4 is 34.9 Å². The van der Waals surface area contributed by atoms with Gasteiger partial charge in [0.25, 0.3) is 5.56 Å². The maximum absolute atomic E-state index is 13.3. The summed E-state index contributed by atoms with van der Waals surface area (Å²) in [6, 6.07) is 14.6. The van der Waals surface area contributed by atoms with Crippen LogP contribution < -0.4 is 16.0 Å². The fourth-order valence-electron chi connectivity index (χ4n) is 3.54. The zero-order valence-electron chi connectivity index (χ0n) is 18.1. The Bertz CT molecular complexity index is 1520. The number of aliphatic carboxylic acids is 2. The lowest BCUT2D eigenvalue weighted by Crippen LogP contribution is -2.45. The highest BCUT2D eigenvalue weighted by atomic mass is 16.5. The van der Waals surface area contributed by atoms with E-state index in [1.807, 2.05) is 6.07 Å². The summed E-state index contributed by atoms with van der Waals surface area (Å²) in [6.45, 7) is -0.129. The molecular formula is C24H19N3O8. The summed E-state index contributed by atoms with van der Waals surface area (Å²) in [6.07, 6.45) is 1.66. The summed E-state index contributed by atoms with van der Waals surface area (Å²) in [5.41, 5.74) is -1.39. The third-order valence-corrected chi connectivity index (χ3v) is 5.15. The van der Waals surface area contributed by atoms with Gasteiger partial charge < -0.3 is 19.4 Å². The van der Waals surface area contributed by atoms with E-state index in [0.717, 1.165) is 4.57 Å². The number of furan rings is 1. The van der Waals surface area contributed by atoms with Gasteiger partial charge in [-0.3, -0.25) is 14.2 Å². The molecule has 2 aromatic heterocycles. The quantitative estimate of drug-likeness (QED) is 0.276. The highest BCUT2D eigenvalue weighted by Gasteiger charge is 2.28. The van der Waals surface area contributed by atoms with Gasteiger partial charge in [-0.05, 0) is 42.5 Å². The monoisotopic (exact) mass is 477 g/mol. The number of aromatic nitrogens is 2. The smallest absolute Gasteiger partial charge is 0.332 e. The lowest BCUT2D eigenvalue weighted by molar-refractivity contribution is -0.147. The number of fused-ring (bicyclic) bond motifs is 1.